The van der Waals surface area contributed by atoms with Crippen LogP contribution in [0.15, 0.2) is 35.2 Å². The molecule has 2 aromatic heterocycles. The van der Waals surface area contributed by atoms with Crippen molar-refractivity contribution < 1.29 is 14.7 Å². The first-order valence-corrected chi connectivity index (χ1v) is 9.65. The quantitative estimate of drug-likeness (QED) is 0.350. The number of aliphatic hydroxyl groups excluding tert-OH is 1. The summed E-state index contributed by atoms with van der Waals surface area (Å²) >= 11 is 0. The number of nitrogens with one attached hydrogen (secondary N) is 1. The summed E-state index contributed by atoms with van der Waals surface area (Å²) in [7, 11) is 0. The summed E-state index contributed by atoms with van der Waals surface area (Å²) in [5.74, 6) is 0. The van der Waals surface area contributed by atoms with E-state index in [1.165, 1.54) is 0 Å². The van der Waals surface area contributed by atoms with E-state index in [1.54, 1.807) is 12.3 Å². The zero-order valence-electron chi connectivity index (χ0n) is 15.8. The molecule has 0 spiro atoms. The summed E-state index contributed by atoms with van der Waals surface area (Å²) in [6.45, 7) is 1.19. The third kappa shape index (κ3) is 3.70. The van der Waals surface area contributed by atoms with Crippen molar-refractivity contribution >= 4 is 28.1 Å². The molecule has 10 nitrogen and oxygen atoms in total. The van der Waals surface area contributed by atoms with Gasteiger partial charge in [-0.3, -0.25) is 15.1 Å². The summed E-state index contributed by atoms with van der Waals surface area (Å²) in [5, 5.41) is 31.7. The molecule has 3 aromatic rings. The van der Waals surface area contributed by atoms with E-state index in [9.17, 15) is 10.1 Å². The average molecular weight is 398 g/mol. The van der Waals surface area contributed by atoms with Crippen LogP contribution in [0.25, 0.3) is 11.0 Å². The number of nitrogens with zero attached hydrogens (tertiary/aromatic N) is 5. The van der Waals surface area contributed by atoms with Crippen molar-refractivity contribution in [1.29, 1.82) is 0 Å². The number of nitro benzene ring substituents is 1. The van der Waals surface area contributed by atoms with Gasteiger partial charge in [0, 0.05) is 32.1 Å². The molecular formula is C19H22N6O4. The zero-order chi connectivity index (χ0) is 20.2. The standard InChI is InChI=1S/C19H22N6O4/c26-10-4-8-21-14-11-16(17-18(23-29-22-17)19(14)25(27)28)24-9-2-1-6-15(24)13-5-3-7-20-12-13/h3,5,7,11-12,15,21,26H,1-2,4,6,8-10H2. The lowest BCUT2D eigenvalue weighted by atomic mass is 9.95. The summed E-state index contributed by atoms with van der Waals surface area (Å²) in [4.78, 5) is 17.7. The number of nitro groups is 1. The first kappa shape index (κ1) is 19.1. The molecule has 0 radical (unpaired) electrons. The van der Waals surface area contributed by atoms with Gasteiger partial charge in [0.05, 0.1) is 16.7 Å². The molecule has 29 heavy (non-hydrogen) atoms. The van der Waals surface area contributed by atoms with E-state index in [1.807, 2.05) is 18.3 Å². The van der Waals surface area contributed by atoms with Gasteiger partial charge in [-0.2, -0.15) is 0 Å². The molecule has 1 aliphatic rings. The highest BCUT2D eigenvalue weighted by molar-refractivity contribution is 6.00. The van der Waals surface area contributed by atoms with Crippen LogP contribution in [-0.4, -0.2) is 45.0 Å². The Morgan fingerprint density at radius 3 is 2.97 bits per heavy atom. The molecule has 1 atom stereocenters. The minimum Gasteiger partial charge on any atom is -0.396 e. The highest BCUT2D eigenvalue weighted by Gasteiger charge is 2.32. The van der Waals surface area contributed by atoms with Crippen LogP contribution in [0.4, 0.5) is 17.1 Å². The third-order valence-electron chi connectivity index (χ3n) is 5.21. The Hall–Kier alpha value is -3.27. The highest BCUT2D eigenvalue weighted by Crippen LogP contribution is 2.43. The van der Waals surface area contributed by atoms with E-state index in [0.717, 1.165) is 37.1 Å². The maximum Gasteiger partial charge on any atom is 0.323 e. The summed E-state index contributed by atoms with van der Waals surface area (Å²) < 4.78 is 4.90. The Morgan fingerprint density at radius 1 is 1.34 bits per heavy atom. The molecule has 1 aliphatic heterocycles. The average Bonchev–Trinajstić information content (AvgIpc) is 3.23. The number of piperidine rings is 1. The Balaban J connectivity index is 1.82. The number of fused-ring (bicyclic) bond motifs is 1. The topological polar surface area (TPSA) is 130 Å². The molecule has 152 valence electrons. The fourth-order valence-corrected chi connectivity index (χ4v) is 3.89. The van der Waals surface area contributed by atoms with Crippen LogP contribution in [0.2, 0.25) is 0 Å². The van der Waals surface area contributed by atoms with Gasteiger partial charge >= 0.3 is 5.69 Å². The molecule has 2 N–H and O–H groups in total. The fraction of sp³-hybridized carbons (Fsp3) is 0.421. The first-order chi connectivity index (χ1) is 14.2. The molecule has 4 rings (SSSR count). The summed E-state index contributed by atoms with van der Waals surface area (Å²) in [5.41, 5.74) is 2.50. The molecule has 10 heteroatoms. The zero-order valence-corrected chi connectivity index (χ0v) is 15.8. The van der Waals surface area contributed by atoms with Crippen molar-refractivity contribution in [1.82, 2.24) is 15.3 Å². The monoisotopic (exact) mass is 398 g/mol. The van der Waals surface area contributed by atoms with E-state index in [0.29, 0.717) is 24.2 Å². The number of rotatable bonds is 7. The van der Waals surface area contributed by atoms with Gasteiger partial charge in [0.1, 0.15) is 5.69 Å². The molecule has 1 unspecified atom stereocenters. The van der Waals surface area contributed by atoms with E-state index in [-0.39, 0.29) is 23.9 Å². The second-order valence-corrected chi connectivity index (χ2v) is 7.01. The SMILES string of the molecule is O=[N+]([O-])c1c(NCCCO)cc(N2CCCCC2c2cccnc2)c2nonc12. The van der Waals surface area contributed by atoms with Crippen molar-refractivity contribution in [2.75, 3.05) is 29.9 Å². The first-order valence-electron chi connectivity index (χ1n) is 9.65. The Kier molecular flexibility index (Phi) is 5.52. The molecule has 0 amide bonds. The Labute approximate surface area is 166 Å². The molecule has 0 aliphatic carbocycles. The Morgan fingerprint density at radius 2 is 2.21 bits per heavy atom. The molecular weight excluding hydrogens is 376 g/mol. The van der Waals surface area contributed by atoms with Gasteiger partial charge in [-0.25, -0.2) is 4.63 Å². The van der Waals surface area contributed by atoms with Crippen LogP contribution in [0.5, 0.6) is 0 Å². The second-order valence-electron chi connectivity index (χ2n) is 7.01. The molecule has 1 saturated heterocycles. The van der Waals surface area contributed by atoms with Crippen molar-refractivity contribution in [3.8, 4) is 0 Å². The normalized spacial score (nSPS) is 16.9. The van der Waals surface area contributed by atoms with Gasteiger partial charge in [0.2, 0.25) is 5.52 Å². The Bertz CT molecular complexity index is 993. The minimum absolute atomic E-state index is 0.00335. The van der Waals surface area contributed by atoms with Gasteiger partial charge in [-0.05, 0) is 53.7 Å². The predicted octanol–water partition coefficient (Wildman–Crippen LogP) is 3.05. The lowest BCUT2D eigenvalue weighted by Gasteiger charge is -2.37. The molecule has 1 aromatic carbocycles. The van der Waals surface area contributed by atoms with Crippen LogP contribution >= 0.6 is 0 Å². The van der Waals surface area contributed by atoms with E-state index < -0.39 is 4.92 Å². The molecule has 0 saturated carbocycles. The maximum atomic E-state index is 11.7. The second kappa shape index (κ2) is 8.39. The summed E-state index contributed by atoms with van der Waals surface area (Å²) in [6, 6.07) is 5.79. The number of aliphatic hydroxyl groups is 1. The van der Waals surface area contributed by atoms with E-state index in [4.69, 9.17) is 9.74 Å². The minimum atomic E-state index is -0.480. The van der Waals surface area contributed by atoms with Crippen LogP contribution in [0.1, 0.15) is 37.3 Å². The van der Waals surface area contributed by atoms with Gasteiger partial charge in [0.25, 0.3) is 0 Å². The van der Waals surface area contributed by atoms with Gasteiger partial charge in [-0.15, -0.1) is 0 Å². The van der Waals surface area contributed by atoms with Crippen molar-refractivity contribution in [3.63, 3.8) is 0 Å². The maximum absolute atomic E-state index is 11.7. The van der Waals surface area contributed by atoms with Gasteiger partial charge in [-0.1, -0.05) is 6.07 Å². The van der Waals surface area contributed by atoms with Crippen LogP contribution < -0.4 is 10.2 Å². The van der Waals surface area contributed by atoms with Gasteiger partial charge in [0.15, 0.2) is 5.52 Å². The highest BCUT2D eigenvalue weighted by atomic mass is 16.6. The van der Waals surface area contributed by atoms with Crippen molar-refractivity contribution in [2.24, 2.45) is 0 Å². The lowest BCUT2D eigenvalue weighted by molar-refractivity contribution is -0.382. The lowest BCUT2D eigenvalue weighted by Crippen LogP contribution is -2.33. The number of hydrogen-bond donors (Lipinski definition) is 2. The van der Waals surface area contributed by atoms with Crippen molar-refractivity contribution in [2.45, 2.75) is 31.7 Å². The van der Waals surface area contributed by atoms with E-state index in [2.05, 4.69) is 25.5 Å². The molecule has 0 bridgehead atoms. The van der Waals surface area contributed by atoms with Crippen LogP contribution in [-0.2, 0) is 0 Å². The number of benzene rings is 1. The van der Waals surface area contributed by atoms with Gasteiger partial charge < -0.3 is 15.3 Å². The third-order valence-corrected chi connectivity index (χ3v) is 5.21. The number of anilines is 2. The van der Waals surface area contributed by atoms with Crippen LogP contribution in [0.3, 0.4) is 0 Å². The number of aromatic nitrogens is 3. The molecule has 3 heterocycles. The number of pyridine rings is 1. The molecule has 1 fully saturated rings. The smallest absolute Gasteiger partial charge is 0.323 e. The van der Waals surface area contributed by atoms with Crippen molar-refractivity contribution in [3.05, 3.63) is 46.3 Å². The predicted molar refractivity (Wildman–Crippen MR) is 107 cm³/mol. The number of hydrogen-bond acceptors (Lipinski definition) is 9. The largest absolute Gasteiger partial charge is 0.396 e. The van der Waals surface area contributed by atoms with Crippen LogP contribution in [0, 0.1) is 10.1 Å². The summed E-state index contributed by atoms with van der Waals surface area (Å²) in [6.07, 6.45) is 7.11. The fourth-order valence-electron chi connectivity index (χ4n) is 3.89. The van der Waals surface area contributed by atoms with E-state index >= 15 is 0 Å².